The second kappa shape index (κ2) is 6.37. The highest BCUT2D eigenvalue weighted by atomic mass is 35.5. The second-order valence-corrected chi connectivity index (χ2v) is 6.15. The Balaban J connectivity index is 2.24. The van der Waals surface area contributed by atoms with Crippen molar-refractivity contribution in [3.63, 3.8) is 0 Å². The highest BCUT2D eigenvalue weighted by Crippen LogP contribution is 2.28. The first-order valence-corrected chi connectivity index (χ1v) is 7.24. The number of rotatable bonds is 5. The maximum Gasteiger partial charge on any atom is 0.146 e. The summed E-state index contributed by atoms with van der Waals surface area (Å²) in [6, 6.07) is 8.95. The number of anilines is 1. The molecule has 0 saturated heterocycles. The summed E-state index contributed by atoms with van der Waals surface area (Å²) < 4.78 is 14.8. The van der Waals surface area contributed by atoms with Crippen LogP contribution in [0.15, 0.2) is 30.3 Å². The molecular weight excluding hydrogens is 283 g/mol. The Morgan fingerprint density at radius 2 is 2.11 bits per heavy atom. The van der Waals surface area contributed by atoms with Crippen LogP contribution in [0.5, 0.6) is 0 Å². The van der Waals surface area contributed by atoms with Crippen LogP contribution in [-0.2, 0) is 13.0 Å². The number of halogens is 2. The van der Waals surface area contributed by atoms with Gasteiger partial charge in [-0.15, -0.1) is 11.3 Å². The Kier molecular flexibility index (Phi) is 4.80. The van der Waals surface area contributed by atoms with Gasteiger partial charge in [-0.25, -0.2) is 4.39 Å². The molecule has 0 aliphatic heterocycles. The molecular formula is C14H16ClFN2S. The Bertz CT molecular complexity index is 556. The fraction of sp³-hybridized carbons (Fsp3) is 0.286. The molecule has 1 heterocycles. The molecule has 1 aromatic heterocycles. The minimum absolute atomic E-state index is 0.212. The molecule has 19 heavy (non-hydrogen) atoms. The van der Waals surface area contributed by atoms with Crippen LogP contribution in [0.4, 0.5) is 10.1 Å². The van der Waals surface area contributed by atoms with Gasteiger partial charge >= 0.3 is 0 Å². The van der Waals surface area contributed by atoms with Gasteiger partial charge in [0.05, 0.1) is 16.6 Å². The van der Waals surface area contributed by atoms with E-state index in [0.29, 0.717) is 25.2 Å². The van der Waals surface area contributed by atoms with Crippen molar-refractivity contribution in [2.45, 2.75) is 13.0 Å². The van der Waals surface area contributed by atoms with Crippen molar-refractivity contribution in [1.82, 2.24) is 0 Å². The van der Waals surface area contributed by atoms with Crippen LogP contribution < -0.4 is 10.6 Å². The van der Waals surface area contributed by atoms with Crippen LogP contribution >= 0.6 is 22.9 Å². The quantitative estimate of drug-likeness (QED) is 0.912. The summed E-state index contributed by atoms with van der Waals surface area (Å²) >= 11 is 7.42. The average molecular weight is 299 g/mol. The molecule has 2 nitrogen and oxygen atoms in total. The van der Waals surface area contributed by atoms with Gasteiger partial charge in [-0.1, -0.05) is 23.7 Å². The van der Waals surface area contributed by atoms with Crippen LogP contribution in [0.1, 0.15) is 10.4 Å². The molecule has 0 unspecified atom stereocenters. The van der Waals surface area contributed by atoms with Gasteiger partial charge in [0.15, 0.2) is 0 Å². The summed E-state index contributed by atoms with van der Waals surface area (Å²) in [5.41, 5.74) is 7.14. The Morgan fingerprint density at radius 3 is 2.74 bits per heavy atom. The zero-order valence-electron chi connectivity index (χ0n) is 10.7. The maximum absolute atomic E-state index is 14.0. The predicted molar refractivity (Wildman–Crippen MR) is 80.6 cm³/mol. The number of thiophene rings is 1. The number of nitrogens with zero attached hydrogens (tertiary/aromatic N) is 1. The fourth-order valence-electron chi connectivity index (χ4n) is 2.09. The van der Waals surface area contributed by atoms with Gasteiger partial charge in [0.25, 0.3) is 0 Å². The van der Waals surface area contributed by atoms with Crippen molar-refractivity contribution >= 4 is 28.6 Å². The monoisotopic (exact) mass is 298 g/mol. The molecule has 0 spiro atoms. The summed E-state index contributed by atoms with van der Waals surface area (Å²) in [4.78, 5) is 3.01. The van der Waals surface area contributed by atoms with Crippen LogP contribution in [0, 0.1) is 5.82 Å². The Labute approximate surface area is 121 Å². The summed E-state index contributed by atoms with van der Waals surface area (Å²) in [5, 5.41) is 0. The molecule has 0 amide bonds. The van der Waals surface area contributed by atoms with Gasteiger partial charge in [0.1, 0.15) is 5.82 Å². The van der Waals surface area contributed by atoms with Crippen molar-refractivity contribution in [3.05, 3.63) is 50.9 Å². The van der Waals surface area contributed by atoms with E-state index in [1.165, 1.54) is 17.4 Å². The van der Waals surface area contributed by atoms with E-state index in [4.69, 9.17) is 17.3 Å². The van der Waals surface area contributed by atoms with Crippen molar-refractivity contribution in [2.24, 2.45) is 5.73 Å². The van der Waals surface area contributed by atoms with Crippen molar-refractivity contribution in [2.75, 3.05) is 18.5 Å². The van der Waals surface area contributed by atoms with Crippen LogP contribution in [-0.4, -0.2) is 13.6 Å². The molecule has 0 radical (unpaired) electrons. The first-order chi connectivity index (χ1) is 9.11. The molecule has 0 aliphatic rings. The molecule has 1 aromatic carbocycles. The molecule has 0 saturated carbocycles. The maximum atomic E-state index is 14.0. The largest absolute Gasteiger partial charge is 0.367 e. The number of para-hydroxylation sites is 1. The lowest BCUT2D eigenvalue weighted by Gasteiger charge is -2.22. The molecule has 2 aromatic rings. The molecule has 0 atom stereocenters. The zero-order chi connectivity index (χ0) is 13.8. The van der Waals surface area contributed by atoms with Crippen LogP contribution in [0.3, 0.4) is 0 Å². The van der Waals surface area contributed by atoms with E-state index in [0.717, 1.165) is 14.8 Å². The van der Waals surface area contributed by atoms with Gasteiger partial charge in [-0.2, -0.15) is 0 Å². The minimum atomic E-state index is -0.212. The first-order valence-electron chi connectivity index (χ1n) is 6.04. The van der Waals surface area contributed by atoms with E-state index in [2.05, 4.69) is 0 Å². The van der Waals surface area contributed by atoms with Crippen LogP contribution in [0.2, 0.25) is 4.34 Å². The van der Waals surface area contributed by atoms with Gasteiger partial charge in [0, 0.05) is 11.9 Å². The van der Waals surface area contributed by atoms with Gasteiger partial charge in [0.2, 0.25) is 0 Å². The van der Waals surface area contributed by atoms with Crippen molar-refractivity contribution < 1.29 is 4.39 Å². The molecule has 102 valence electrons. The van der Waals surface area contributed by atoms with E-state index < -0.39 is 0 Å². The lowest BCUT2D eigenvalue weighted by Crippen LogP contribution is -2.19. The van der Waals surface area contributed by atoms with E-state index in [-0.39, 0.29) is 5.82 Å². The lowest BCUT2D eigenvalue weighted by atomic mass is 10.1. The zero-order valence-corrected chi connectivity index (χ0v) is 12.3. The smallest absolute Gasteiger partial charge is 0.146 e. The molecule has 2 N–H and O–H groups in total. The number of nitrogens with two attached hydrogens (primary N) is 1. The van der Waals surface area contributed by atoms with E-state index in [9.17, 15) is 4.39 Å². The third-order valence-corrected chi connectivity index (χ3v) is 4.10. The third kappa shape index (κ3) is 3.47. The van der Waals surface area contributed by atoms with Crippen molar-refractivity contribution in [1.29, 1.82) is 0 Å². The second-order valence-electron chi connectivity index (χ2n) is 4.35. The molecule has 0 aliphatic carbocycles. The number of hydrogen-bond donors (Lipinski definition) is 1. The lowest BCUT2D eigenvalue weighted by molar-refractivity contribution is 0.619. The van der Waals surface area contributed by atoms with Gasteiger partial charge < -0.3 is 10.6 Å². The summed E-state index contributed by atoms with van der Waals surface area (Å²) in [6.07, 6.45) is 0.669. The molecule has 5 heteroatoms. The number of benzene rings is 1. The van der Waals surface area contributed by atoms with Gasteiger partial charge in [-0.3, -0.25) is 0 Å². The topological polar surface area (TPSA) is 29.3 Å². The highest BCUT2D eigenvalue weighted by Gasteiger charge is 2.13. The van der Waals surface area contributed by atoms with E-state index in [1.807, 2.05) is 30.1 Å². The van der Waals surface area contributed by atoms with E-state index >= 15 is 0 Å². The molecule has 0 fully saturated rings. The van der Waals surface area contributed by atoms with Crippen molar-refractivity contribution in [3.8, 4) is 0 Å². The Hall–Kier alpha value is -1.10. The normalized spacial score (nSPS) is 10.7. The highest BCUT2D eigenvalue weighted by molar-refractivity contribution is 7.16. The summed E-state index contributed by atoms with van der Waals surface area (Å²) in [6.45, 7) is 1.14. The molecule has 2 rings (SSSR count). The van der Waals surface area contributed by atoms with Crippen LogP contribution in [0.25, 0.3) is 0 Å². The summed E-state index contributed by atoms with van der Waals surface area (Å²) in [7, 11) is 1.88. The van der Waals surface area contributed by atoms with E-state index in [1.54, 1.807) is 6.07 Å². The predicted octanol–water partition coefficient (Wildman–Crippen LogP) is 3.68. The molecule has 0 bridgehead atoms. The minimum Gasteiger partial charge on any atom is -0.367 e. The average Bonchev–Trinajstić information content (AvgIpc) is 2.75. The first kappa shape index (κ1) is 14.3. The fourth-order valence-corrected chi connectivity index (χ4v) is 3.24. The standard InChI is InChI=1S/C14H16ClFN2S/c1-18(9-11-5-6-13(15)19-11)14-10(7-8-17)3-2-4-12(14)16/h2-6H,7-9,17H2,1H3. The third-order valence-electron chi connectivity index (χ3n) is 2.89. The summed E-state index contributed by atoms with van der Waals surface area (Å²) in [5.74, 6) is -0.212. The SMILES string of the molecule is CN(Cc1ccc(Cl)s1)c1c(F)cccc1CCN. The van der Waals surface area contributed by atoms with Gasteiger partial charge in [-0.05, 0) is 36.7 Å². The number of hydrogen-bond acceptors (Lipinski definition) is 3. The Morgan fingerprint density at radius 1 is 1.32 bits per heavy atom.